The van der Waals surface area contributed by atoms with Gasteiger partial charge in [-0.25, -0.2) is 4.79 Å². The first-order valence-corrected chi connectivity index (χ1v) is 6.70. The summed E-state index contributed by atoms with van der Waals surface area (Å²) in [6.07, 6.45) is 0.546. The van der Waals surface area contributed by atoms with Crippen LogP contribution in [0.15, 0.2) is 22.7 Å². The molecular formula is C13H17BrN2O3. The zero-order valence-corrected chi connectivity index (χ0v) is 12.4. The van der Waals surface area contributed by atoms with Crippen molar-refractivity contribution in [1.82, 2.24) is 0 Å². The van der Waals surface area contributed by atoms with E-state index in [2.05, 4.69) is 21.2 Å². The highest BCUT2D eigenvalue weighted by atomic mass is 79.9. The SMILES string of the molecule is CC(C)CC(N)C(=O)Nc1ccc(Br)cc1C(=O)O. The second-order valence-electron chi connectivity index (χ2n) is 4.72. The van der Waals surface area contributed by atoms with E-state index >= 15 is 0 Å². The molecule has 104 valence electrons. The predicted octanol–water partition coefficient (Wildman–Crippen LogP) is 2.46. The van der Waals surface area contributed by atoms with Crippen LogP contribution in [-0.4, -0.2) is 23.0 Å². The van der Waals surface area contributed by atoms with Crippen LogP contribution >= 0.6 is 15.9 Å². The lowest BCUT2D eigenvalue weighted by atomic mass is 10.0. The molecule has 1 aromatic rings. The van der Waals surface area contributed by atoms with Gasteiger partial charge in [0, 0.05) is 4.47 Å². The Balaban J connectivity index is 2.87. The predicted molar refractivity (Wildman–Crippen MR) is 77.2 cm³/mol. The number of anilines is 1. The van der Waals surface area contributed by atoms with Crippen LogP contribution in [0, 0.1) is 5.92 Å². The van der Waals surface area contributed by atoms with Gasteiger partial charge in [0.25, 0.3) is 0 Å². The summed E-state index contributed by atoms with van der Waals surface area (Å²) in [5.41, 5.74) is 6.03. The van der Waals surface area contributed by atoms with Crippen molar-refractivity contribution in [2.45, 2.75) is 26.3 Å². The maximum atomic E-state index is 11.9. The molecule has 19 heavy (non-hydrogen) atoms. The fourth-order valence-electron chi connectivity index (χ4n) is 1.64. The van der Waals surface area contributed by atoms with Crippen LogP contribution in [0.5, 0.6) is 0 Å². The van der Waals surface area contributed by atoms with Gasteiger partial charge < -0.3 is 16.2 Å². The van der Waals surface area contributed by atoms with Crippen LogP contribution in [0.3, 0.4) is 0 Å². The van der Waals surface area contributed by atoms with E-state index in [9.17, 15) is 9.59 Å². The molecular weight excluding hydrogens is 312 g/mol. The number of hydrogen-bond acceptors (Lipinski definition) is 3. The molecule has 0 spiro atoms. The number of nitrogens with one attached hydrogen (secondary N) is 1. The summed E-state index contributed by atoms with van der Waals surface area (Å²) in [7, 11) is 0. The van der Waals surface area contributed by atoms with Crippen molar-refractivity contribution >= 4 is 33.5 Å². The van der Waals surface area contributed by atoms with Gasteiger partial charge in [-0.1, -0.05) is 29.8 Å². The maximum Gasteiger partial charge on any atom is 0.337 e. The van der Waals surface area contributed by atoms with Crippen molar-refractivity contribution in [1.29, 1.82) is 0 Å². The fourth-order valence-corrected chi connectivity index (χ4v) is 2.00. The topological polar surface area (TPSA) is 92.4 Å². The zero-order chi connectivity index (χ0) is 14.6. The number of carbonyl (C=O) groups is 2. The minimum absolute atomic E-state index is 0.0273. The van der Waals surface area contributed by atoms with E-state index in [1.165, 1.54) is 12.1 Å². The zero-order valence-electron chi connectivity index (χ0n) is 10.8. The first-order chi connectivity index (χ1) is 8.81. The molecule has 0 fully saturated rings. The van der Waals surface area contributed by atoms with Gasteiger partial charge in [-0.15, -0.1) is 0 Å². The third-order valence-corrected chi connectivity index (χ3v) is 3.03. The Bertz CT molecular complexity index is 489. The van der Waals surface area contributed by atoms with Crippen LogP contribution in [0.2, 0.25) is 0 Å². The number of benzene rings is 1. The summed E-state index contributed by atoms with van der Waals surface area (Å²) in [5, 5.41) is 11.6. The van der Waals surface area contributed by atoms with Gasteiger partial charge in [0.05, 0.1) is 17.3 Å². The lowest BCUT2D eigenvalue weighted by molar-refractivity contribution is -0.117. The number of carbonyl (C=O) groups excluding carboxylic acids is 1. The normalized spacial score (nSPS) is 12.3. The van der Waals surface area contributed by atoms with E-state index in [1.807, 2.05) is 13.8 Å². The third kappa shape index (κ3) is 4.65. The molecule has 1 unspecified atom stereocenters. The molecule has 1 amide bonds. The number of nitrogens with two attached hydrogens (primary N) is 1. The Labute approximate surface area is 120 Å². The van der Waals surface area contributed by atoms with Crippen molar-refractivity contribution in [3.8, 4) is 0 Å². The summed E-state index contributed by atoms with van der Waals surface area (Å²) in [6.45, 7) is 3.94. The van der Waals surface area contributed by atoms with E-state index in [1.54, 1.807) is 6.07 Å². The molecule has 0 aliphatic carbocycles. The van der Waals surface area contributed by atoms with Crippen molar-refractivity contribution < 1.29 is 14.7 Å². The number of rotatable bonds is 5. The largest absolute Gasteiger partial charge is 0.478 e. The van der Waals surface area contributed by atoms with Crippen molar-refractivity contribution in [3.63, 3.8) is 0 Å². The Hall–Kier alpha value is -1.40. The van der Waals surface area contributed by atoms with E-state index in [4.69, 9.17) is 10.8 Å². The summed E-state index contributed by atoms with van der Waals surface area (Å²) in [6, 6.07) is 3.99. The van der Waals surface area contributed by atoms with E-state index in [0.29, 0.717) is 16.8 Å². The van der Waals surface area contributed by atoms with Gasteiger partial charge in [0.1, 0.15) is 0 Å². The second-order valence-corrected chi connectivity index (χ2v) is 5.64. The maximum absolute atomic E-state index is 11.9. The molecule has 6 heteroatoms. The summed E-state index contributed by atoms with van der Waals surface area (Å²) >= 11 is 3.19. The number of carboxylic acids is 1. The molecule has 5 nitrogen and oxygen atoms in total. The lowest BCUT2D eigenvalue weighted by Crippen LogP contribution is -2.37. The molecule has 0 heterocycles. The van der Waals surface area contributed by atoms with Gasteiger partial charge in [-0.3, -0.25) is 4.79 Å². The highest BCUT2D eigenvalue weighted by Gasteiger charge is 2.18. The van der Waals surface area contributed by atoms with Crippen molar-refractivity contribution in [3.05, 3.63) is 28.2 Å². The number of amides is 1. The molecule has 0 aromatic heterocycles. The van der Waals surface area contributed by atoms with E-state index < -0.39 is 12.0 Å². The van der Waals surface area contributed by atoms with Crippen LogP contribution in [0.4, 0.5) is 5.69 Å². The first kappa shape index (κ1) is 15.7. The van der Waals surface area contributed by atoms with Crippen LogP contribution in [0.25, 0.3) is 0 Å². The second kappa shape index (κ2) is 6.68. The first-order valence-electron chi connectivity index (χ1n) is 5.90. The van der Waals surface area contributed by atoms with Crippen LogP contribution in [-0.2, 0) is 4.79 Å². The van der Waals surface area contributed by atoms with Crippen molar-refractivity contribution in [2.75, 3.05) is 5.32 Å². The average molecular weight is 329 g/mol. The molecule has 1 rings (SSSR count). The molecule has 0 aliphatic rings. The number of aromatic carboxylic acids is 1. The molecule has 0 saturated heterocycles. The minimum atomic E-state index is -1.10. The highest BCUT2D eigenvalue weighted by Crippen LogP contribution is 2.21. The Morgan fingerprint density at radius 2 is 2.05 bits per heavy atom. The van der Waals surface area contributed by atoms with Gasteiger partial charge in [0.2, 0.25) is 5.91 Å². The molecule has 1 aromatic carbocycles. The Morgan fingerprint density at radius 3 is 2.58 bits per heavy atom. The smallest absolute Gasteiger partial charge is 0.337 e. The molecule has 0 radical (unpaired) electrons. The number of hydrogen-bond donors (Lipinski definition) is 3. The summed E-state index contributed by atoms with van der Waals surface area (Å²) < 4.78 is 0.634. The van der Waals surface area contributed by atoms with E-state index in [-0.39, 0.29) is 17.2 Å². The lowest BCUT2D eigenvalue weighted by Gasteiger charge is -2.15. The summed E-state index contributed by atoms with van der Waals surface area (Å²) in [5.74, 6) is -1.18. The Morgan fingerprint density at radius 1 is 1.42 bits per heavy atom. The summed E-state index contributed by atoms with van der Waals surface area (Å²) in [4.78, 5) is 23.0. The van der Waals surface area contributed by atoms with Crippen molar-refractivity contribution in [2.24, 2.45) is 11.7 Å². The van der Waals surface area contributed by atoms with Gasteiger partial charge in [-0.2, -0.15) is 0 Å². The van der Waals surface area contributed by atoms with Gasteiger partial charge >= 0.3 is 5.97 Å². The average Bonchev–Trinajstić information content (AvgIpc) is 2.30. The van der Waals surface area contributed by atoms with E-state index in [0.717, 1.165) is 0 Å². The van der Waals surface area contributed by atoms with Gasteiger partial charge in [0.15, 0.2) is 0 Å². The Kier molecular flexibility index (Phi) is 5.50. The molecule has 0 aliphatic heterocycles. The van der Waals surface area contributed by atoms with Crippen LogP contribution in [0.1, 0.15) is 30.6 Å². The number of carboxylic acid groups (broad SMARTS) is 1. The number of halogens is 1. The third-order valence-electron chi connectivity index (χ3n) is 2.53. The molecule has 1 atom stereocenters. The van der Waals surface area contributed by atoms with Gasteiger partial charge in [-0.05, 0) is 30.5 Å². The minimum Gasteiger partial charge on any atom is -0.478 e. The molecule has 0 bridgehead atoms. The van der Waals surface area contributed by atoms with Crippen LogP contribution < -0.4 is 11.1 Å². The highest BCUT2D eigenvalue weighted by molar-refractivity contribution is 9.10. The standard InChI is InChI=1S/C13H17BrN2O3/c1-7(2)5-10(15)12(17)16-11-4-3-8(14)6-9(11)13(18)19/h3-4,6-7,10H,5,15H2,1-2H3,(H,16,17)(H,18,19). The quantitative estimate of drug-likeness (QED) is 0.774. The molecule has 4 N–H and O–H groups in total. The molecule has 0 saturated carbocycles. The monoisotopic (exact) mass is 328 g/mol. The fraction of sp³-hybridized carbons (Fsp3) is 0.385.